The number of nitrogens with two attached hydrogens (primary N) is 1. The van der Waals surface area contributed by atoms with Gasteiger partial charge in [-0.15, -0.1) is 0 Å². The van der Waals surface area contributed by atoms with E-state index in [0.29, 0.717) is 12.6 Å². The molecule has 0 saturated heterocycles. The number of ether oxygens (including phenoxy) is 1. The number of hydrogen-bond acceptors (Lipinski definition) is 2. The maximum absolute atomic E-state index is 6.20. The average Bonchev–Trinajstić information content (AvgIpc) is 2.40. The zero-order valence-corrected chi connectivity index (χ0v) is 11.4. The predicted octanol–water partition coefficient (Wildman–Crippen LogP) is 3.54. The second kappa shape index (κ2) is 6.79. The zero-order valence-electron chi connectivity index (χ0n) is 11.4. The first-order chi connectivity index (χ1) is 8.83. The van der Waals surface area contributed by atoms with Gasteiger partial charge in [-0.05, 0) is 62.3 Å². The molecule has 1 fully saturated rings. The van der Waals surface area contributed by atoms with Crippen molar-refractivity contribution in [1.29, 1.82) is 0 Å². The molecule has 1 aliphatic carbocycles. The van der Waals surface area contributed by atoms with Gasteiger partial charge in [0.25, 0.3) is 0 Å². The third-order valence-corrected chi connectivity index (χ3v) is 3.98. The van der Waals surface area contributed by atoms with E-state index in [9.17, 15) is 0 Å². The van der Waals surface area contributed by atoms with Crippen molar-refractivity contribution in [2.75, 3.05) is 6.54 Å². The Morgan fingerprint density at radius 3 is 2.89 bits per heavy atom. The minimum absolute atomic E-state index is 0.414. The van der Waals surface area contributed by atoms with E-state index in [1.54, 1.807) is 0 Å². The first kappa shape index (κ1) is 13.4. The van der Waals surface area contributed by atoms with Crippen LogP contribution < -0.4 is 10.5 Å². The van der Waals surface area contributed by atoms with Gasteiger partial charge in [-0.1, -0.05) is 25.5 Å². The zero-order chi connectivity index (χ0) is 12.8. The Bertz CT molecular complexity index is 364. The number of benzene rings is 1. The molecular formula is C16H25NO. The summed E-state index contributed by atoms with van der Waals surface area (Å²) in [6.45, 7) is 2.97. The fraction of sp³-hybridized carbons (Fsp3) is 0.625. The molecule has 2 atom stereocenters. The second-order valence-electron chi connectivity index (χ2n) is 5.30. The molecule has 1 aromatic carbocycles. The van der Waals surface area contributed by atoms with Crippen LogP contribution in [0.15, 0.2) is 24.3 Å². The van der Waals surface area contributed by atoms with Gasteiger partial charge in [-0.3, -0.25) is 0 Å². The van der Waals surface area contributed by atoms with E-state index in [0.717, 1.165) is 18.1 Å². The van der Waals surface area contributed by atoms with Crippen molar-refractivity contribution < 1.29 is 4.74 Å². The molecule has 1 aromatic rings. The van der Waals surface area contributed by atoms with Gasteiger partial charge in [0.05, 0.1) is 0 Å². The van der Waals surface area contributed by atoms with Crippen LogP contribution in [0.4, 0.5) is 0 Å². The lowest BCUT2D eigenvalue weighted by Crippen LogP contribution is -2.29. The maximum atomic E-state index is 6.20. The molecule has 2 N–H and O–H groups in total. The molecule has 0 heterocycles. The van der Waals surface area contributed by atoms with Crippen LogP contribution in [0.5, 0.6) is 5.75 Å². The molecule has 1 saturated carbocycles. The molecular weight excluding hydrogens is 222 g/mol. The van der Waals surface area contributed by atoms with Gasteiger partial charge in [-0.2, -0.15) is 0 Å². The molecule has 2 nitrogen and oxygen atoms in total. The summed E-state index contributed by atoms with van der Waals surface area (Å²) in [5.74, 6) is 1.75. The molecule has 2 unspecified atom stereocenters. The fourth-order valence-corrected chi connectivity index (χ4v) is 2.91. The summed E-state index contributed by atoms with van der Waals surface area (Å²) < 4.78 is 6.20. The van der Waals surface area contributed by atoms with E-state index in [4.69, 9.17) is 10.5 Å². The lowest BCUT2D eigenvalue weighted by atomic mass is 9.85. The summed E-state index contributed by atoms with van der Waals surface area (Å²) >= 11 is 0. The van der Waals surface area contributed by atoms with Crippen LogP contribution >= 0.6 is 0 Å². The molecule has 2 heteroatoms. The van der Waals surface area contributed by atoms with Crippen LogP contribution in [0.2, 0.25) is 0 Å². The highest BCUT2D eigenvalue weighted by Crippen LogP contribution is 2.30. The Kier molecular flexibility index (Phi) is 5.06. The van der Waals surface area contributed by atoms with Crippen molar-refractivity contribution in [1.82, 2.24) is 0 Å². The van der Waals surface area contributed by atoms with Crippen molar-refractivity contribution in [2.24, 2.45) is 11.7 Å². The molecule has 18 heavy (non-hydrogen) atoms. The van der Waals surface area contributed by atoms with Gasteiger partial charge < -0.3 is 10.5 Å². The Morgan fingerprint density at radius 2 is 2.11 bits per heavy atom. The molecule has 0 spiro atoms. The molecule has 0 bridgehead atoms. The summed E-state index contributed by atoms with van der Waals surface area (Å²) in [7, 11) is 0. The highest BCUT2D eigenvalue weighted by atomic mass is 16.5. The van der Waals surface area contributed by atoms with Crippen molar-refractivity contribution in [3.05, 3.63) is 29.8 Å². The SMILES string of the molecule is CCC1CCCCC1Oc1cccc(CCN)c1. The minimum atomic E-state index is 0.414. The summed E-state index contributed by atoms with van der Waals surface area (Å²) in [6, 6.07) is 8.41. The van der Waals surface area contributed by atoms with E-state index in [1.807, 2.05) is 0 Å². The van der Waals surface area contributed by atoms with E-state index in [-0.39, 0.29) is 0 Å². The van der Waals surface area contributed by atoms with Crippen LogP contribution in [0, 0.1) is 5.92 Å². The molecule has 0 radical (unpaired) electrons. The fourth-order valence-electron chi connectivity index (χ4n) is 2.91. The maximum Gasteiger partial charge on any atom is 0.120 e. The molecule has 0 aromatic heterocycles. The summed E-state index contributed by atoms with van der Waals surface area (Å²) in [5, 5.41) is 0. The molecule has 100 valence electrons. The quantitative estimate of drug-likeness (QED) is 0.863. The van der Waals surface area contributed by atoms with Gasteiger partial charge in [0.15, 0.2) is 0 Å². The average molecular weight is 247 g/mol. The van der Waals surface area contributed by atoms with Crippen molar-refractivity contribution in [3.63, 3.8) is 0 Å². The van der Waals surface area contributed by atoms with Gasteiger partial charge in [0.1, 0.15) is 11.9 Å². The van der Waals surface area contributed by atoms with Crippen molar-refractivity contribution in [2.45, 2.75) is 51.6 Å². The first-order valence-electron chi connectivity index (χ1n) is 7.29. The van der Waals surface area contributed by atoms with Crippen LogP contribution in [0.3, 0.4) is 0 Å². The largest absolute Gasteiger partial charge is 0.490 e. The van der Waals surface area contributed by atoms with E-state index in [2.05, 4.69) is 31.2 Å². The van der Waals surface area contributed by atoms with Gasteiger partial charge in [-0.25, -0.2) is 0 Å². The number of rotatable bonds is 5. The Morgan fingerprint density at radius 1 is 1.28 bits per heavy atom. The minimum Gasteiger partial charge on any atom is -0.490 e. The second-order valence-corrected chi connectivity index (χ2v) is 5.30. The topological polar surface area (TPSA) is 35.2 Å². The smallest absolute Gasteiger partial charge is 0.120 e. The molecule has 1 aliphatic rings. The van der Waals surface area contributed by atoms with Crippen LogP contribution in [0.1, 0.15) is 44.6 Å². The van der Waals surface area contributed by atoms with Crippen molar-refractivity contribution >= 4 is 0 Å². The highest BCUT2D eigenvalue weighted by molar-refractivity contribution is 5.29. The van der Waals surface area contributed by atoms with E-state index in [1.165, 1.54) is 37.7 Å². The third kappa shape index (κ3) is 3.49. The highest BCUT2D eigenvalue weighted by Gasteiger charge is 2.25. The Balaban J connectivity index is 2.00. The lowest BCUT2D eigenvalue weighted by molar-refractivity contribution is 0.0903. The normalized spacial score (nSPS) is 23.9. The Labute approximate surface area is 111 Å². The summed E-state index contributed by atoms with van der Waals surface area (Å²) in [6.07, 6.45) is 7.78. The van der Waals surface area contributed by atoms with Gasteiger partial charge in [0, 0.05) is 0 Å². The lowest BCUT2D eigenvalue weighted by Gasteiger charge is -2.31. The van der Waals surface area contributed by atoms with Crippen LogP contribution in [-0.4, -0.2) is 12.6 Å². The van der Waals surface area contributed by atoms with Crippen LogP contribution in [0.25, 0.3) is 0 Å². The van der Waals surface area contributed by atoms with Gasteiger partial charge >= 0.3 is 0 Å². The molecule has 2 rings (SSSR count). The summed E-state index contributed by atoms with van der Waals surface area (Å²) in [4.78, 5) is 0. The first-order valence-corrected chi connectivity index (χ1v) is 7.29. The van der Waals surface area contributed by atoms with Gasteiger partial charge in [0.2, 0.25) is 0 Å². The van der Waals surface area contributed by atoms with Crippen molar-refractivity contribution in [3.8, 4) is 5.75 Å². The third-order valence-electron chi connectivity index (χ3n) is 3.98. The van der Waals surface area contributed by atoms with Crippen LogP contribution in [-0.2, 0) is 6.42 Å². The van der Waals surface area contributed by atoms with E-state index < -0.39 is 0 Å². The predicted molar refractivity (Wildman–Crippen MR) is 75.9 cm³/mol. The van der Waals surface area contributed by atoms with E-state index >= 15 is 0 Å². The monoisotopic (exact) mass is 247 g/mol. The standard InChI is InChI=1S/C16H25NO/c1-2-14-7-3-4-9-16(14)18-15-8-5-6-13(12-15)10-11-17/h5-6,8,12,14,16H,2-4,7,9-11,17H2,1H3. The molecule has 0 amide bonds. The number of hydrogen-bond donors (Lipinski definition) is 1. The molecule has 0 aliphatic heterocycles. The summed E-state index contributed by atoms with van der Waals surface area (Å²) in [5.41, 5.74) is 6.87. The Hall–Kier alpha value is -1.02.